The van der Waals surface area contributed by atoms with Crippen LogP contribution in [0.15, 0.2) is 42.6 Å². The molecule has 1 N–H and O–H groups in total. The van der Waals surface area contributed by atoms with Gasteiger partial charge in [-0.15, -0.1) is 0 Å². The van der Waals surface area contributed by atoms with Crippen LogP contribution >= 0.6 is 0 Å². The summed E-state index contributed by atoms with van der Waals surface area (Å²) in [4.78, 5) is 55.8. The molecule has 2 atom stereocenters. The minimum Gasteiger partial charge on any atom is -0.497 e. The van der Waals surface area contributed by atoms with Crippen molar-refractivity contribution < 1.29 is 38.1 Å². The molecule has 0 aliphatic carbocycles. The van der Waals surface area contributed by atoms with Crippen molar-refractivity contribution >= 4 is 29.9 Å². The molecule has 39 heavy (non-hydrogen) atoms. The Kier molecular flexibility index (Phi) is 8.83. The number of carbonyl (C=O) groups is 4. The van der Waals surface area contributed by atoms with Gasteiger partial charge in [0.1, 0.15) is 35.4 Å². The molecule has 0 radical (unpaired) electrons. The third kappa shape index (κ3) is 8.17. The van der Waals surface area contributed by atoms with Crippen LogP contribution in [0, 0.1) is 5.92 Å². The Morgan fingerprint density at radius 1 is 0.923 bits per heavy atom. The summed E-state index contributed by atoms with van der Waals surface area (Å²) in [6.07, 6.45) is -0.356. The minimum atomic E-state index is -0.956. The summed E-state index contributed by atoms with van der Waals surface area (Å²) in [5.41, 5.74) is -0.407. The number of nitrogens with one attached hydrogen (secondary N) is 1. The molecule has 1 aliphatic heterocycles. The highest BCUT2D eigenvalue weighted by Gasteiger charge is 2.45. The van der Waals surface area contributed by atoms with E-state index < -0.39 is 41.3 Å². The number of hydrogen-bond acceptors (Lipinski definition) is 9. The van der Waals surface area contributed by atoms with Gasteiger partial charge in [-0.05, 0) is 83.4 Å². The number of methoxy groups -OCH3 is 1. The first-order valence-electron chi connectivity index (χ1n) is 12.5. The summed E-state index contributed by atoms with van der Waals surface area (Å²) in [6.45, 7) is 10.1. The van der Waals surface area contributed by atoms with Crippen LogP contribution in [-0.4, -0.2) is 53.4 Å². The molecule has 0 unspecified atom stereocenters. The number of benzene rings is 1. The van der Waals surface area contributed by atoms with Crippen molar-refractivity contribution in [2.24, 2.45) is 5.92 Å². The smallest absolute Gasteiger partial charge is 0.425 e. The lowest BCUT2D eigenvalue weighted by atomic mass is 9.85. The van der Waals surface area contributed by atoms with Crippen molar-refractivity contribution in [1.82, 2.24) is 10.3 Å². The fourth-order valence-electron chi connectivity index (χ4n) is 3.66. The first kappa shape index (κ1) is 29.4. The molecule has 2 aromatic rings. The van der Waals surface area contributed by atoms with Crippen molar-refractivity contribution in [2.45, 2.75) is 71.8 Å². The standard InChI is InChI=1S/C28H35N3O8/c1-27(2,3)38-25(34)31(26(35)39-28(4,5)6)21-15-18(12-13-29-21)14-20-22(30-23(20)32)24(33)37-16-17-8-10-19(36-7)11-9-17/h8-13,15,20,22H,14,16H2,1-7H3,(H,30,32)/t20-,22+/m1/s1. The average molecular weight is 542 g/mol. The fourth-order valence-corrected chi connectivity index (χ4v) is 3.66. The second kappa shape index (κ2) is 11.7. The Morgan fingerprint density at radius 2 is 1.51 bits per heavy atom. The lowest BCUT2D eigenvalue weighted by Crippen LogP contribution is -2.63. The van der Waals surface area contributed by atoms with Crippen LogP contribution < -0.4 is 15.0 Å². The van der Waals surface area contributed by atoms with E-state index in [1.54, 1.807) is 79.0 Å². The predicted molar refractivity (Wildman–Crippen MR) is 141 cm³/mol. The maximum absolute atomic E-state index is 12.9. The predicted octanol–water partition coefficient (Wildman–Crippen LogP) is 4.17. The number of rotatable bonds is 7. The molecular formula is C28H35N3O8. The number of esters is 1. The van der Waals surface area contributed by atoms with Gasteiger partial charge in [0.25, 0.3) is 0 Å². The Hall–Kier alpha value is -4.15. The van der Waals surface area contributed by atoms with Crippen molar-refractivity contribution in [1.29, 1.82) is 0 Å². The van der Waals surface area contributed by atoms with Gasteiger partial charge in [-0.25, -0.2) is 19.4 Å². The first-order valence-corrected chi connectivity index (χ1v) is 12.5. The Bertz CT molecular complexity index is 1190. The van der Waals surface area contributed by atoms with Gasteiger partial charge in [0, 0.05) is 6.20 Å². The third-order valence-corrected chi connectivity index (χ3v) is 5.48. The Morgan fingerprint density at radius 3 is 2.03 bits per heavy atom. The molecule has 1 saturated heterocycles. The minimum absolute atomic E-state index is 0.0330. The van der Waals surface area contributed by atoms with E-state index in [1.807, 2.05) is 0 Å². The zero-order chi connectivity index (χ0) is 29.0. The molecule has 210 valence electrons. The summed E-state index contributed by atoms with van der Waals surface area (Å²) in [6, 6.07) is 9.37. The number of β-lactam (4-membered cyclic amide) rings is 1. The van der Waals surface area contributed by atoms with Gasteiger partial charge < -0.3 is 24.3 Å². The number of amides is 3. The van der Waals surface area contributed by atoms with Crippen LogP contribution in [0.3, 0.4) is 0 Å². The second-order valence-electron chi connectivity index (χ2n) is 11.1. The summed E-state index contributed by atoms with van der Waals surface area (Å²) in [5, 5.41) is 2.58. The van der Waals surface area contributed by atoms with Crippen LogP contribution in [-0.2, 0) is 36.8 Å². The number of imide groups is 1. The van der Waals surface area contributed by atoms with E-state index in [0.29, 0.717) is 16.2 Å². The number of carbonyl (C=O) groups excluding carboxylic acids is 4. The Balaban J connectivity index is 1.73. The SMILES string of the molecule is COc1ccc(COC(=O)[C@H]2NC(=O)[C@@H]2Cc2ccnc(N(C(=O)OC(C)(C)C)C(=O)OC(C)(C)C)c2)cc1. The summed E-state index contributed by atoms with van der Waals surface area (Å²) in [5.74, 6) is -0.913. The molecule has 0 saturated carbocycles. The third-order valence-electron chi connectivity index (χ3n) is 5.48. The van der Waals surface area contributed by atoms with E-state index in [9.17, 15) is 19.2 Å². The normalized spacial score (nSPS) is 16.8. The highest BCUT2D eigenvalue weighted by atomic mass is 16.6. The maximum atomic E-state index is 12.9. The molecule has 1 aliphatic rings. The van der Waals surface area contributed by atoms with Crippen LogP contribution in [0.4, 0.5) is 15.4 Å². The Labute approximate surface area is 227 Å². The lowest BCUT2D eigenvalue weighted by Gasteiger charge is -2.35. The van der Waals surface area contributed by atoms with E-state index in [4.69, 9.17) is 18.9 Å². The van der Waals surface area contributed by atoms with Gasteiger partial charge in [-0.2, -0.15) is 4.90 Å². The van der Waals surface area contributed by atoms with Crippen LogP contribution in [0.25, 0.3) is 0 Å². The topological polar surface area (TPSA) is 133 Å². The fraction of sp³-hybridized carbons (Fsp3) is 0.464. The van der Waals surface area contributed by atoms with Crippen molar-refractivity contribution in [3.05, 3.63) is 53.7 Å². The van der Waals surface area contributed by atoms with Crippen LogP contribution in [0.5, 0.6) is 5.75 Å². The number of ether oxygens (including phenoxy) is 4. The molecular weight excluding hydrogens is 506 g/mol. The van der Waals surface area contributed by atoms with E-state index in [2.05, 4.69) is 10.3 Å². The van der Waals surface area contributed by atoms with Crippen molar-refractivity contribution in [2.75, 3.05) is 12.0 Å². The van der Waals surface area contributed by atoms with E-state index >= 15 is 0 Å². The molecule has 0 spiro atoms. The quantitative estimate of drug-likeness (QED) is 0.311. The number of anilines is 1. The van der Waals surface area contributed by atoms with Gasteiger partial charge >= 0.3 is 18.2 Å². The van der Waals surface area contributed by atoms with Gasteiger partial charge in [0.2, 0.25) is 5.91 Å². The first-order chi connectivity index (χ1) is 18.2. The number of nitrogens with zero attached hydrogens (tertiary/aromatic N) is 2. The second-order valence-corrected chi connectivity index (χ2v) is 11.1. The number of pyridine rings is 1. The van der Waals surface area contributed by atoms with Gasteiger partial charge in [0.15, 0.2) is 0 Å². The molecule has 1 aromatic carbocycles. The maximum Gasteiger partial charge on any atom is 0.425 e. The van der Waals surface area contributed by atoms with Gasteiger partial charge in [-0.1, -0.05) is 12.1 Å². The molecule has 0 bridgehead atoms. The molecule has 1 aromatic heterocycles. The van der Waals surface area contributed by atoms with Crippen molar-refractivity contribution in [3.63, 3.8) is 0 Å². The summed E-state index contributed by atoms with van der Waals surface area (Å²) in [7, 11) is 1.56. The van der Waals surface area contributed by atoms with Crippen molar-refractivity contribution in [3.8, 4) is 5.75 Å². The van der Waals surface area contributed by atoms with E-state index in [0.717, 1.165) is 5.56 Å². The van der Waals surface area contributed by atoms with Gasteiger partial charge in [-0.3, -0.25) is 4.79 Å². The molecule has 2 heterocycles. The highest BCUT2D eigenvalue weighted by Crippen LogP contribution is 2.26. The number of aromatic nitrogens is 1. The van der Waals surface area contributed by atoms with Crippen LogP contribution in [0.2, 0.25) is 0 Å². The highest BCUT2D eigenvalue weighted by molar-refractivity contribution is 6.08. The average Bonchev–Trinajstić information content (AvgIpc) is 2.83. The summed E-state index contributed by atoms with van der Waals surface area (Å²) >= 11 is 0. The zero-order valence-corrected chi connectivity index (χ0v) is 23.3. The van der Waals surface area contributed by atoms with E-state index in [1.165, 1.54) is 12.3 Å². The molecule has 3 rings (SSSR count). The molecule has 3 amide bonds. The monoisotopic (exact) mass is 541 g/mol. The van der Waals surface area contributed by atoms with Gasteiger partial charge in [0.05, 0.1) is 13.0 Å². The largest absolute Gasteiger partial charge is 0.497 e. The summed E-state index contributed by atoms with van der Waals surface area (Å²) < 4.78 is 21.3. The van der Waals surface area contributed by atoms with Crippen LogP contribution in [0.1, 0.15) is 52.7 Å². The molecule has 11 nitrogen and oxygen atoms in total. The molecule has 1 fully saturated rings. The molecule has 11 heteroatoms. The van der Waals surface area contributed by atoms with E-state index in [-0.39, 0.29) is 24.8 Å². The zero-order valence-electron chi connectivity index (χ0n) is 23.3. The lowest BCUT2D eigenvalue weighted by molar-refractivity contribution is -0.158. The number of hydrogen-bond donors (Lipinski definition) is 1.